The second-order valence-corrected chi connectivity index (χ2v) is 6.32. The van der Waals surface area contributed by atoms with Crippen LogP contribution >= 0.6 is 11.3 Å². The van der Waals surface area contributed by atoms with Gasteiger partial charge in [-0.3, -0.25) is 0 Å². The molecule has 0 unspecified atom stereocenters. The molecule has 1 fully saturated rings. The summed E-state index contributed by atoms with van der Waals surface area (Å²) in [6, 6.07) is 9.77. The van der Waals surface area contributed by atoms with E-state index in [0.29, 0.717) is 5.19 Å². The molecule has 1 aliphatic carbocycles. The van der Waals surface area contributed by atoms with Gasteiger partial charge in [0.15, 0.2) is 0 Å². The Morgan fingerprint density at radius 3 is 2.82 bits per heavy atom. The van der Waals surface area contributed by atoms with Crippen molar-refractivity contribution >= 4 is 17.0 Å². The minimum atomic E-state index is 0.594. The average Bonchev–Trinajstić information content (AvgIpc) is 3.01. The number of hydrogen-bond acceptors (Lipinski definition) is 6. The summed E-state index contributed by atoms with van der Waals surface area (Å²) in [4.78, 5) is 5.18. The standard InChI is InChI=1S/C16H15N3O2S/c1-2-11(1)9-17-12-3-5-13(6-4-12)21-16-18-10-15(22-16)14-7-8-20-19-14/h3-8,10-11,17H,1-2,9H2. The fraction of sp³-hybridized carbons (Fsp3) is 0.250. The van der Waals surface area contributed by atoms with Crippen LogP contribution < -0.4 is 10.1 Å². The third kappa shape index (κ3) is 3.12. The average molecular weight is 313 g/mol. The molecule has 1 aliphatic rings. The van der Waals surface area contributed by atoms with Crippen LogP contribution in [0.5, 0.6) is 10.9 Å². The molecule has 2 aromatic heterocycles. The molecule has 22 heavy (non-hydrogen) atoms. The minimum absolute atomic E-state index is 0.594. The van der Waals surface area contributed by atoms with Crippen molar-refractivity contribution in [2.75, 3.05) is 11.9 Å². The Balaban J connectivity index is 1.40. The molecule has 2 heterocycles. The molecule has 112 valence electrons. The van der Waals surface area contributed by atoms with Gasteiger partial charge in [0, 0.05) is 18.3 Å². The van der Waals surface area contributed by atoms with Crippen molar-refractivity contribution in [2.24, 2.45) is 5.92 Å². The Morgan fingerprint density at radius 2 is 2.09 bits per heavy atom. The van der Waals surface area contributed by atoms with Crippen molar-refractivity contribution in [1.29, 1.82) is 0 Å². The largest absolute Gasteiger partial charge is 0.431 e. The highest BCUT2D eigenvalue weighted by molar-refractivity contribution is 7.16. The molecule has 4 rings (SSSR count). The van der Waals surface area contributed by atoms with Crippen molar-refractivity contribution < 1.29 is 9.26 Å². The number of rotatable bonds is 6. The van der Waals surface area contributed by atoms with Crippen molar-refractivity contribution in [1.82, 2.24) is 10.1 Å². The first-order valence-corrected chi connectivity index (χ1v) is 8.07. The summed E-state index contributed by atoms with van der Waals surface area (Å²) in [5.74, 6) is 1.64. The molecule has 1 saturated carbocycles. The molecule has 5 nitrogen and oxygen atoms in total. The van der Waals surface area contributed by atoms with E-state index in [2.05, 4.69) is 15.5 Å². The van der Waals surface area contributed by atoms with Gasteiger partial charge in [-0.2, -0.15) is 0 Å². The summed E-state index contributed by atoms with van der Waals surface area (Å²) in [6.45, 7) is 1.06. The van der Waals surface area contributed by atoms with Crippen LogP contribution in [-0.4, -0.2) is 16.7 Å². The number of benzene rings is 1. The van der Waals surface area contributed by atoms with E-state index < -0.39 is 0 Å². The lowest BCUT2D eigenvalue weighted by Gasteiger charge is -2.06. The van der Waals surface area contributed by atoms with Gasteiger partial charge in [0.25, 0.3) is 5.19 Å². The van der Waals surface area contributed by atoms with E-state index in [4.69, 9.17) is 9.26 Å². The number of nitrogens with one attached hydrogen (secondary N) is 1. The van der Waals surface area contributed by atoms with E-state index in [1.165, 1.54) is 24.2 Å². The maximum atomic E-state index is 5.77. The number of nitrogens with zero attached hydrogens (tertiary/aromatic N) is 2. The summed E-state index contributed by atoms with van der Waals surface area (Å²) in [6.07, 6.45) is 5.99. The van der Waals surface area contributed by atoms with E-state index in [1.807, 2.05) is 24.3 Å². The topological polar surface area (TPSA) is 60.2 Å². The molecule has 0 bridgehead atoms. The predicted octanol–water partition coefficient (Wildman–Crippen LogP) is 4.41. The van der Waals surface area contributed by atoms with Crippen LogP contribution in [0, 0.1) is 5.92 Å². The molecule has 0 spiro atoms. The lowest BCUT2D eigenvalue weighted by molar-refractivity contribution is 0.422. The monoisotopic (exact) mass is 313 g/mol. The van der Waals surface area contributed by atoms with E-state index in [0.717, 1.165) is 34.5 Å². The fourth-order valence-corrected chi connectivity index (χ4v) is 2.84. The first kappa shape index (κ1) is 13.3. The highest BCUT2D eigenvalue weighted by atomic mass is 32.1. The summed E-state index contributed by atoms with van der Waals surface area (Å²) in [5.41, 5.74) is 1.90. The van der Waals surface area contributed by atoms with Gasteiger partial charge in [0.05, 0.1) is 11.1 Å². The second kappa shape index (κ2) is 5.81. The Hall–Kier alpha value is -2.34. The van der Waals surface area contributed by atoms with Gasteiger partial charge < -0.3 is 14.6 Å². The summed E-state index contributed by atoms with van der Waals surface area (Å²) in [7, 11) is 0. The van der Waals surface area contributed by atoms with Crippen LogP contribution in [0.2, 0.25) is 0 Å². The Kier molecular flexibility index (Phi) is 3.52. The van der Waals surface area contributed by atoms with Crippen LogP contribution in [-0.2, 0) is 0 Å². The molecule has 0 amide bonds. The predicted molar refractivity (Wildman–Crippen MR) is 85.3 cm³/mol. The second-order valence-electron chi connectivity index (χ2n) is 5.33. The minimum Gasteiger partial charge on any atom is -0.431 e. The molecule has 1 aromatic carbocycles. The smallest absolute Gasteiger partial charge is 0.279 e. The normalized spacial score (nSPS) is 14.0. The van der Waals surface area contributed by atoms with Crippen LogP contribution in [0.4, 0.5) is 5.69 Å². The van der Waals surface area contributed by atoms with Crippen molar-refractivity contribution in [3.63, 3.8) is 0 Å². The van der Waals surface area contributed by atoms with Crippen LogP contribution in [0.1, 0.15) is 12.8 Å². The van der Waals surface area contributed by atoms with Gasteiger partial charge in [-0.1, -0.05) is 16.5 Å². The maximum absolute atomic E-state index is 5.77. The maximum Gasteiger partial charge on any atom is 0.279 e. The van der Waals surface area contributed by atoms with Crippen LogP contribution in [0.3, 0.4) is 0 Å². The molecule has 3 aromatic rings. The van der Waals surface area contributed by atoms with Crippen LogP contribution in [0.15, 0.2) is 47.3 Å². The molecule has 0 atom stereocenters. The number of hydrogen-bond donors (Lipinski definition) is 1. The molecular formula is C16H15N3O2S. The molecule has 0 radical (unpaired) electrons. The van der Waals surface area contributed by atoms with E-state index in [9.17, 15) is 0 Å². The highest BCUT2D eigenvalue weighted by Gasteiger charge is 2.20. The molecule has 0 aliphatic heterocycles. The van der Waals surface area contributed by atoms with Crippen LogP contribution in [0.25, 0.3) is 10.6 Å². The summed E-state index contributed by atoms with van der Waals surface area (Å²) >= 11 is 1.44. The first-order valence-electron chi connectivity index (χ1n) is 7.25. The lowest BCUT2D eigenvalue weighted by atomic mass is 10.3. The Morgan fingerprint density at radius 1 is 1.23 bits per heavy atom. The third-order valence-electron chi connectivity index (χ3n) is 3.53. The van der Waals surface area contributed by atoms with Crippen molar-refractivity contribution in [3.05, 3.63) is 42.8 Å². The Bertz CT molecular complexity index is 733. The zero-order valence-corrected chi connectivity index (χ0v) is 12.7. The number of aromatic nitrogens is 2. The number of thiazole rings is 1. The van der Waals surface area contributed by atoms with Gasteiger partial charge in [-0.25, -0.2) is 4.98 Å². The summed E-state index contributed by atoms with van der Waals surface area (Å²) < 4.78 is 10.6. The van der Waals surface area contributed by atoms with E-state index >= 15 is 0 Å². The van der Waals surface area contributed by atoms with Crippen molar-refractivity contribution in [3.8, 4) is 21.5 Å². The van der Waals surface area contributed by atoms with Gasteiger partial charge in [0.2, 0.25) is 0 Å². The fourth-order valence-electron chi connectivity index (χ4n) is 2.09. The molecule has 6 heteroatoms. The first-order chi connectivity index (χ1) is 10.9. The SMILES string of the molecule is c1cc(-c2cnc(Oc3ccc(NCC4CC4)cc3)s2)no1. The number of anilines is 1. The molecule has 1 N–H and O–H groups in total. The number of ether oxygens (including phenoxy) is 1. The van der Waals surface area contributed by atoms with Gasteiger partial charge in [-0.15, -0.1) is 0 Å². The summed E-state index contributed by atoms with van der Waals surface area (Å²) in [5, 5.41) is 7.92. The van der Waals surface area contributed by atoms with E-state index in [1.54, 1.807) is 18.5 Å². The Labute approximate surface area is 131 Å². The van der Waals surface area contributed by atoms with Crippen molar-refractivity contribution in [2.45, 2.75) is 12.8 Å². The van der Waals surface area contributed by atoms with Gasteiger partial charge in [-0.05, 0) is 43.0 Å². The quantitative estimate of drug-likeness (QED) is 0.730. The zero-order valence-electron chi connectivity index (χ0n) is 11.9. The van der Waals surface area contributed by atoms with E-state index in [-0.39, 0.29) is 0 Å². The molecular weight excluding hydrogens is 298 g/mol. The molecule has 0 saturated heterocycles. The third-order valence-corrected chi connectivity index (χ3v) is 4.42. The zero-order chi connectivity index (χ0) is 14.8. The lowest BCUT2D eigenvalue weighted by Crippen LogP contribution is -2.02. The van der Waals surface area contributed by atoms with Gasteiger partial charge in [0.1, 0.15) is 17.7 Å². The van der Waals surface area contributed by atoms with Gasteiger partial charge >= 0.3 is 0 Å². The highest BCUT2D eigenvalue weighted by Crippen LogP contribution is 2.33.